The van der Waals surface area contributed by atoms with E-state index in [2.05, 4.69) is 0 Å². The lowest BCUT2D eigenvalue weighted by molar-refractivity contribution is 0.193. The number of hydrogen-bond donors (Lipinski definition) is 0. The second-order valence-corrected chi connectivity index (χ2v) is 1.49. The first kappa shape index (κ1) is 6.96. The van der Waals surface area contributed by atoms with E-state index < -0.39 is 0 Å². The van der Waals surface area contributed by atoms with Crippen LogP contribution in [0.15, 0.2) is 0 Å². The molecule has 0 unspecified atom stereocenters. The Hall–Kier alpha value is -0.0400. The Bertz CT molecular complexity index is 23.4. The summed E-state index contributed by atoms with van der Waals surface area (Å²) in [7, 11) is 1.70. The van der Waals surface area contributed by atoms with E-state index >= 15 is 0 Å². The molecule has 7 heavy (non-hydrogen) atoms. The van der Waals surface area contributed by atoms with Crippen LogP contribution in [-0.2, 0) is 4.74 Å². The Morgan fingerprint density at radius 3 is 2.57 bits per heavy atom. The maximum atomic E-state index is 5.21. The highest BCUT2D eigenvalue weighted by Crippen LogP contribution is 1.91. The number of hydrogen-bond acceptors (Lipinski definition) is 1. The average Bonchev–Trinajstić information content (AvgIpc) is 1.69. The Labute approximate surface area is 45.7 Å². The number of unbranched alkanes of at least 4 members (excludes halogenated alkanes) is 2. The normalized spacial score (nSPS) is 9.43. The summed E-state index contributed by atoms with van der Waals surface area (Å²) in [4.78, 5) is 0. The van der Waals surface area contributed by atoms with Crippen LogP contribution in [0.25, 0.3) is 0 Å². The zero-order valence-corrected chi connectivity index (χ0v) is 4.81. The molecular weight excluding hydrogens is 88.1 g/mol. The molecule has 0 saturated carbocycles. The van der Waals surface area contributed by atoms with Crippen LogP contribution in [0, 0.1) is 6.92 Å². The molecule has 0 heterocycles. The molecule has 0 aliphatic rings. The van der Waals surface area contributed by atoms with E-state index in [1.165, 1.54) is 0 Å². The molecule has 0 amide bonds. The standard InChI is InChI=1S/C6H12O/c1-3-4-5-6-7-2/h1H,3-6H2,2H3. The fraction of sp³-hybridized carbons (Fsp3) is 0.833. The molecule has 1 heteroatoms. The van der Waals surface area contributed by atoms with E-state index in [0.29, 0.717) is 0 Å². The lowest BCUT2D eigenvalue weighted by Gasteiger charge is -1.92. The molecule has 0 rings (SSSR count). The Balaban J connectivity index is 2.45. The van der Waals surface area contributed by atoms with Gasteiger partial charge in [0.05, 0.1) is 0 Å². The van der Waals surface area contributed by atoms with Crippen LogP contribution in [0.3, 0.4) is 0 Å². The van der Waals surface area contributed by atoms with Gasteiger partial charge in [0.25, 0.3) is 0 Å². The van der Waals surface area contributed by atoms with Crippen LogP contribution in [-0.4, -0.2) is 13.7 Å². The lowest BCUT2D eigenvalue weighted by atomic mass is 10.3. The minimum Gasteiger partial charge on any atom is -0.385 e. The van der Waals surface area contributed by atoms with Gasteiger partial charge in [0.1, 0.15) is 0 Å². The van der Waals surface area contributed by atoms with Gasteiger partial charge in [-0.2, -0.15) is 0 Å². The minimum absolute atomic E-state index is 0.781. The summed E-state index contributed by atoms with van der Waals surface area (Å²) in [5, 5.41) is 0. The maximum Gasteiger partial charge on any atom is 0.0462 e. The topological polar surface area (TPSA) is 9.23 Å². The predicted molar refractivity (Wildman–Crippen MR) is 30.0 cm³/mol. The third-order valence-corrected chi connectivity index (χ3v) is 0.803. The van der Waals surface area contributed by atoms with Crippen LogP contribution in [0.1, 0.15) is 19.3 Å². The zero-order valence-electron chi connectivity index (χ0n) is 4.81. The van der Waals surface area contributed by atoms with Crippen molar-refractivity contribution in [3.63, 3.8) is 0 Å². The van der Waals surface area contributed by atoms with Gasteiger partial charge >= 0.3 is 0 Å². The van der Waals surface area contributed by atoms with Crippen LogP contribution in [0.5, 0.6) is 0 Å². The largest absolute Gasteiger partial charge is 0.385 e. The lowest BCUT2D eigenvalue weighted by Crippen LogP contribution is -1.85. The molecule has 0 aliphatic heterocycles. The minimum atomic E-state index is 0.781. The first-order chi connectivity index (χ1) is 3.41. The first-order valence-corrected chi connectivity index (χ1v) is 2.61. The van der Waals surface area contributed by atoms with Gasteiger partial charge in [-0.05, 0) is 19.8 Å². The van der Waals surface area contributed by atoms with Crippen molar-refractivity contribution in [3.8, 4) is 0 Å². The molecule has 0 N–H and O–H groups in total. The summed E-state index contributed by atoms with van der Waals surface area (Å²) < 4.78 is 4.79. The molecule has 0 aliphatic carbocycles. The van der Waals surface area contributed by atoms with E-state index in [1.807, 2.05) is 0 Å². The van der Waals surface area contributed by atoms with Gasteiger partial charge in [0.2, 0.25) is 0 Å². The SMILES string of the molecule is [CH]CCCCOC. The van der Waals surface area contributed by atoms with Crippen molar-refractivity contribution in [2.45, 2.75) is 19.3 Å². The Kier molecular flexibility index (Phi) is 5.93. The van der Waals surface area contributed by atoms with Crippen molar-refractivity contribution in [2.75, 3.05) is 13.7 Å². The summed E-state index contributed by atoms with van der Waals surface area (Å²) in [5.41, 5.74) is 0. The second kappa shape index (κ2) is 5.96. The molecule has 0 aromatic rings. The van der Waals surface area contributed by atoms with Crippen molar-refractivity contribution in [1.82, 2.24) is 0 Å². The van der Waals surface area contributed by atoms with Gasteiger partial charge in [-0.3, -0.25) is 0 Å². The Morgan fingerprint density at radius 2 is 2.14 bits per heavy atom. The van der Waals surface area contributed by atoms with Crippen molar-refractivity contribution in [2.24, 2.45) is 0 Å². The number of methoxy groups -OCH3 is 1. The molecular formula is C6H12O. The summed E-state index contributed by atoms with van der Waals surface area (Å²) in [6, 6.07) is 0. The highest BCUT2D eigenvalue weighted by atomic mass is 16.5. The predicted octanol–water partition coefficient (Wildman–Crippen LogP) is 1.51. The fourth-order valence-electron chi connectivity index (χ4n) is 0.391. The third-order valence-electron chi connectivity index (χ3n) is 0.803. The molecule has 42 valence electrons. The Morgan fingerprint density at radius 1 is 1.43 bits per heavy atom. The maximum absolute atomic E-state index is 5.21. The quantitative estimate of drug-likeness (QED) is 0.486. The average molecular weight is 100 g/mol. The summed E-state index contributed by atoms with van der Waals surface area (Å²) in [6.07, 6.45) is 2.95. The molecule has 0 bridgehead atoms. The zero-order chi connectivity index (χ0) is 5.54. The van der Waals surface area contributed by atoms with Gasteiger partial charge < -0.3 is 4.74 Å². The molecule has 0 atom stereocenters. The van der Waals surface area contributed by atoms with Crippen molar-refractivity contribution in [1.29, 1.82) is 0 Å². The molecule has 2 radical (unpaired) electrons. The third kappa shape index (κ3) is 5.96. The molecule has 0 aromatic heterocycles. The van der Waals surface area contributed by atoms with Crippen LogP contribution >= 0.6 is 0 Å². The van der Waals surface area contributed by atoms with Crippen molar-refractivity contribution >= 4 is 0 Å². The molecule has 1 nitrogen and oxygen atoms in total. The van der Waals surface area contributed by atoms with E-state index in [1.54, 1.807) is 7.11 Å². The van der Waals surface area contributed by atoms with Gasteiger partial charge in [-0.25, -0.2) is 0 Å². The molecule has 0 spiro atoms. The number of rotatable bonds is 4. The van der Waals surface area contributed by atoms with Crippen molar-refractivity contribution in [3.05, 3.63) is 6.92 Å². The molecule has 0 fully saturated rings. The monoisotopic (exact) mass is 100 g/mol. The van der Waals surface area contributed by atoms with Gasteiger partial charge in [0.15, 0.2) is 0 Å². The summed E-state index contributed by atoms with van der Waals surface area (Å²) >= 11 is 0. The van der Waals surface area contributed by atoms with Crippen LogP contribution in [0.4, 0.5) is 0 Å². The molecule has 0 saturated heterocycles. The van der Waals surface area contributed by atoms with Gasteiger partial charge in [-0.1, -0.05) is 6.42 Å². The van der Waals surface area contributed by atoms with Gasteiger partial charge in [0, 0.05) is 13.7 Å². The number of ether oxygens (including phenoxy) is 1. The van der Waals surface area contributed by atoms with E-state index in [4.69, 9.17) is 11.7 Å². The van der Waals surface area contributed by atoms with E-state index in [-0.39, 0.29) is 0 Å². The smallest absolute Gasteiger partial charge is 0.0462 e. The highest BCUT2D eigenvalue weighted by Gasteiger charge is 1.80. The van der Waals surface area contributed by atoms with Crippen LogP contribution in [0.2, 0.25) is 0 Å². The first-order valence-electron chi connectivity index (χ1n) is 2.61. The summed E-state index contributed by atoms with van der Waals surface area (Å²) in [5.74, 6) is 0. The van der Waals surface area contributed by atoms with Crippen molar-refractivity contribution < 1.29 is 4.74 Å². The second-order valence-electron chi connectivity index (χ2n) is 1.49. The van der Waals surface area contributed by atoms with Gasteiger partial charge in [-0.15, -0.1) is 0 Å². The van der Waals surface area contributed by atoms with Crippen LogP contribution < -0.4 is 0 Å². The highest BCUT2D eigenvalue weighted by molar-refractivity contribution is 4.40. The summed E-state index contributed by atoms with van der Waals surface area (Å²) in [6.45, 7) is 6.06. The fourth-order valence-corrected chi connectivity index (χ4v) is 0.391. The van der Waals surface area contributed by atoms with E-state index in [0.717, 1.165) is 25.9 Å². The molecule has 0 aromatic carbocycles. The van der Waals surface area contributed by atoms with E-state index in [9.17, 15) is 0 Å².